The van der Waals surface area contributed by atoms with Crippen molar-refractivity contribution in [2.75, 3.05) is 10.6 Å². The molecule has 0 aliphatic carbocycles. The number of carbonyl (C=O) groups is 2. The minimum atomic E-state index is -1.00. The van der Waals surface area contributed by atoms with Crippen LogP contribution in [0.4, 0.5) is 20.2 Å². The van der Waals surface area contributed by atoms with Crippen LogP contribution < -0.4 is 10.6 Å². The first-order valence-corrected chi connectivity index (χ1v) is 10.6. The van der Waals surface area contributed by atoms with Gasteiger partial charge in [-0.3, -0.25) is 19.3 Å². The molecule has 35 heavy (non-hydrogen) atoms. The third-order valence-electron chi connectivity index (χ3n) is 5.63. The number of amides is 2. The molecule has 0 aliphatic heterocycles. The molecule has 0 radical (unpaired) electrons. The maximum absolute atomic E-state index is 15.5. The van der Waals surface area contributed by atoms with E-state index in [-0.39, 0.29) is 29.3 Å². The fourth-order valence-corrected chi connectivity index (χ4v) is 3.77. The Morgan fingerprint density at radius 3 is 2.51 bits per heavy atom. The third-order valence-corrected chi connectivity index (χ3v) is 5.63. The number of aryl methyl sites for hydroxylation is 1. The molecule has 0 fully saturated rings. The summed E-state index contributed by atoms with van der Waals surface area (Å²) in [5, 5.41) is 12.8. The Balaban J connectivity index is 1.73. The molecule has 180 valence electrons. The van der Waals surface area contributed by atoms with Gasteiger partial charge in [0.2, 0.25) is 5.91 Å². The highest BCUT2D eigenvalue weighted by Crippen LogP contribution is 2.37. The molecule has 1 unspecified atom stereocenters. The van der Waals surface area contributed by atoms with E-state index in [1.54, 1.807) is 43.2 Å². The van der Waals surface area contributed by atoms with E-state index in [0.717, 1.165) is 12.1 Å². The lowest BCUT2D eigenvalue weighted by atomic mass is 9.75. The molecule has 3 aromatic heterocycles. The van der Waals surface area contributed by atoms with Crippen LogP contribution in [0.25, 0.3) is 0 Å². The first-order chi connectivity index (χ1) is 16.7. The summed E-state index contributed by atoms with van der Waals surface area (Å²) >= 11 is 0. The Labute approximate surface area is 199 Å². The number of halogens is 2. The zero-order valence-electron chi connectivity index (χ0n) is 19.2. The Kier molecular flexibility index (Phi) is 6.41. The van der Waals surface area contributed by atoms with E-state index in [1.165, 1.54) is 25.5 Å². The summed E-state index contributed by atoms with van der Waals surface area (Å²) in [7, 11) is 1.73. The molecule has 11 heteroatoms. The molecule has 0 spiro atoms. The first kappa shape index (κ1) is 23.7. The molecule has 9 nitrogen and oxygen atoms in total. The second-order valence-corrected chi connectivity index (χ2v) is 8.25. The van der Waals surface area contributed by atoms with Crippen LogP contribution in [0.2, 0.25) is 0 Å². The number of benzene rings is 1. The number of hydrogen-bond donors (Lipinski definition) is 2. The van der Waals surface area contributed by atoms with Crippen LogP contribution in [0.5, 0.6) is 0 Å². The van der Waals surface area contributed by atoms with Crippen molar-refractivity contribution >= 4 is 23.2 Å². The molecule has 1 aromatic carbocycles. The van der Waals surface area contributed by atoms with E-state index < -0.39 is 23.0 Å². The summed E-state index contributed by atoms with van der Waals surface area (Å²) in [4.78, 5) is 28.1. The van der Waals surface area contributed by atoms with Crippen molar-refractivity contribution < 1.29 is 22.9 Å². The number of pyridine rings is 1. The SMILES string of the molecule is CC(=O)Nc1ccc(C(C)(Cc2c(F)ccc(NC(=O)c3ccon3)c2F)c2cnn(C)c2)nc1. The second kappa shape index (κ2) is 9.45. The number of carbonyl (C=O) groups excluding carboxylic acids is 2. The fraction of sp³-hybridized carbons (Fsp3) is 0.208. The Hall–Kier alpha value is -4.41. The van der Waals surface area contributed by atoms with Gasteiger partial charge in [0.25, 0.3) is 5.91 Å². The van der Waals surface area contributed by atoms with Crippen molar-refractivity contribution in [3.05, 3.63) is 89.3 Å². The molecule has 0 aliphatic rings. The summed E-state index contributed by atoms with van der Waals surface area (Å²) in [5.74, 6) is -2.62. The van der Waals surface area contributed by atoms with Crippen LogP contribution in [0, 0.1) is 11.6 Å². The smallest absolute Gasteiger partial charge is 0.277 e. The lowest BCUT2D eigenvalue weighted by Gasteiger charge is -2.29. The van der Waals surface area contributed by atoms with Gasteiger partial charge in [-0.2, -0.15) is 5.10 Å². The van der Waals surface area contributed by atoms with Crippen molar-refractivity contribution in [2.24, 2.45) is 7.05 Å². The molecule has 4 rings (SSSR count). The molecule has 0 saturated carbocycles. The molecule has 0 saturated heterocycles. The van der Waals surface area contributed by atoms with E-state index in [4.69, 9.17) is 0 Å². The predicted molar refractivity (Wildman–Crippen MR) is 123 cm³/mol. The number of aromatic nitrogens is 4. The Morgan fingerprint density at radius 2 is 1.91 bits per heavy atom. The van der Waals surface area contributed by atoms with Crippen LogP contribution in [0.15, 0.2) is 59.7 Å². The highest BCUT2D eigenvalue weighted by atomic mass is 19.1. The average Bonchev–Trinajstić information content (AvgIpc) is 3.51. The van der Waals surface area contributed by atoms with Crippen LogP contribution in [-0.4, -0.2) is 31.7 Å². The zero-order valence-corrected chi connectivity index (χ0v) is 19.2. The average molecular weight is 480 g/mol. The Morgan fingerprint density at radius 1 is 1.11 bits per heavy atom. The number of rotatable bonds is 7. The highest BCUT2D eigenvalue weighted by molar-refractivity contribution is 6.02. The monoisotopic (exact) mass is 480 g/mol. The summed E-state index contributed by atoms with van der Waals surface area (Å²) in [6, 6.07) is 6.92. The van der Waals surface area contributed by atoms with Crippen LogP contribution in [-0.2, 0) is 23.7 Å². The maximum Gasteiger partial charge on any atom is 0.277 e. The minimum Gasteiger partial charge on any atom is -0.364 e. The minimum absolute atomic E-state index is 0.0427. The van der Waals surface area contributed by atoms with Gasteiger partial charge in [-0.15, -0.1) is 0 Å². The van der Waals surface area contributed by atoms with Gasteiger partial charge in [0.05, 0.1) is 29.5 Å². The van der Waals surface area contributed by atoms with Gasteiger partial charge in [-0.25, -0.2) is 8.78 Å². The van der Waals surface area contributed by atoms with Crippen molar-refractivity contribution in [3.63, 3.8) is 0 Å². The first-order valence-electron chi connectivity index (χ1n) is 10.6. The van der Waals surface area contributed by atoms with E-state index in [9.17, 15) is 14.0 Å². The summed E-state index contributed by atoms with van der Waals surface area (Å²) in [6.07, 6.45) is 5.92. The molecule has 1 atom stereocenters. The topological polar surface area (TPSA) is 115 Å². The van der Waals surface area contributed by atoms with Crippen molar-refractivity contribution in [1.29, 1.82) is 0 Å². The van der Waals surface area contributed by atoms with Gasteiger partial charge >= 0.3 is 0 Å². The van der Waals surface area contributed by atoms with Gasteiger partial charge < -0.3 is 15.2 Å². The normalized spacial score (nSPS) is 12.7. The zero-order chi connectivity index (χ0) is 25.2. The van der Waals surface area contributed by atoms with Gasteiger partial charge in [-0.05, 0) is 37.6 Å². The fourth-order valence-electron chi connectivity index (χ4n) is 3.77. The van der Waals surface area contributed by atoms with Crippen molar-refractivity contribution in [2.45, 2.75) is 25.7 Å². The van der Waals surface area contributed by atoms with Crippen LogP contribution >= 0.6 is 0 Å². The van der Waals surface area contributed by atoms with Gasteiger partial charge in [0.1, 0.15) is 12.1 Å². The van der Waals surface area contributed by atoms with E-state index >= 15 is 4.39 Å². The summed E-state index contributed by atoms with van der Waals surface area (Å²) in [6.45, 7) is 3.18. The molecule has 4 aromatic rings. The third kappa shape index (κ3) is 4.93. The van der Waals surface area contributed by atoms with Crippen LogP contribution in [0.3, 0.4) is 0 Å². The largest absolute Gasteiger partial charge is 0.364 e. The van der Waals surface area contributed by atoms with Crippen LogP contribution in [0.1, 0.15) is 41.2 Å². The number of nitrogens with zero attached hydrogens (tertiary/aromatic N) is 4. The molecular formula is C24H22F2N6O3. The predicted octanol–water partition coefficient (Wildman–Crippen LogP) is 3.84. The molecule has 2 amide bonds. The number of nitrogens with one attached hydrogen (secondary N) is 2. The Bertz CT molecular complexity index is 1370. The summed E-state index contributed by atoms with van der Waals surface area (Å²) in [5.41, 5.74) is 0.202. The molecule has 3 heterocycles. The van der Waals surface area contributed by atoms with E-state index in [1.807, 2.05) is 0 Å². The standard InChI is InChI=1S/C24H22F2N6O3/c1-14(33)29-16-4-7-21(27-12-16)24(2,15-11-28-32(3)13-15)10-17-18(25)5-6-19(22(17)26)30-23(34)20-8-9-35-31-20/h4-9,11-13H,10H2,1-3H3,(H,29,33)(H,30,34). The highest BCUT2D eigenvalue weighted by Gasteiger charge is 2.35. The maximum atomic E-state index is 15.5. The van der Waals surface area contributed by atoms with Gasteiger partial charge in [-0.1, -0.05) is 5.16 Å². The van der Waals surface area contributed by atoms with E-state index in [0.29, 0.717) is 16.9 Å². The van der Waals surface area contributed by atoms with Crippen molar-refractivity contribution in [3.8, 4) is 0 Å². The van der Waals surface area contributed by atoms with Crippen molar-refractivity contribution in [1.82, 2.24) is 19.9 Å². The van der Waals surface area contributed by atoms with E-state index in [2.05, 4.69) is 30.4 Å². The van der Waals surface area contributed by atoms with Gasteiger partial charge in [0.15, 0.2) is 11.5 Å². The lowest BCUT2D eigenvalue weighted by molar-refractivity contribution is -0.114. The molecular weight excluding hydrogens is 458 g/mol. The van der Waals surface area contributed by atoms with Gasteiger partial charge in [0, 0.05) is 42.8 Å². The second-order valence-electron chi connectivity index (χ2n) is 8.25. The lowest BCUT2D eigenvalue weighted by Crippen LogP contribution is -2.29. The number of anilines is 2. The molecule has 0 bridgehead atoms. The molecule has 2 N–H and O–H groups in total. The number of hydrogen-bond acceptors (Lipinski definition) is 6. The summed E-state index contributed by atoms with van der Waals surface area (Å²) < 4.78 is 36.7. The quantitative estimate of drug-likeness (QED) is 0.415.